The minimum atomic E-state index is -0.325. The zero-order valence-corrected chi connectivity index (χ0v) is 15.1. The van der Waals surface area contributed by atoms with Crippen LogP contribution in [0.4, 0.5) is 0 Å². The number of benzene rings is 2. The van der Waals surface area contributed by atoms with Crippen LogP contribution in [0.25, 0.3) is 0 Å². The average molecular weight is 349 g/mol. The summed E-state index contributed by atoms with van der Waals surface area (Å²) in [5.74, 6) is 1.34. The summed E-state index contributed by atoms with van der Waals surface area (Å²) in [6.45, 7) is 2.03. The molecule has 1 N–H and O–H groups in total. The Morgan fingerprint density at radius 3 is 2.58 bits per heavy atom. The Labute approximate surface area is 153 Å². The molecule has 0 bridgehead atoms. The summed E-state index contributed by atoms with van der Waals surface area (Å²) in [7, 11) is 1.92. The van der Waals surface area contributed by atoms with Gasteiger partial charge < -0.3 is 14.6 Å². The van der Waals surface area contributed by atoms with Crippen molar-refractivity contribution >= 4 is 5.91 Å². The third-order valence-corrected chi connectivity index (χ3v) is 4.27. The fraction of sp³-hybridized carbons (Fsp3) is 0.238. The first kappa shape index (κ1) is 17.7. The van der Waals surface area contributed by atoms with Gasteiger partial charge >= 0.3 is 0 Å². The van der Waals surface area contributed by atoms with Gasteiger partial charge in [0.25, 0.3) is 5.91 Å². The highest BCUT2D eigenvalue weighted by molar-refractivity contribution is 5.78. The molecule has 1 heterocycles. The van der Waals surface area contributed by atoms with E-state index in [1.54, 1.807) is 6.20 Å². The van der Waals surface area contributed by atoms with Crippen LogP contribution in [0.3, 0.4) is 0 Å². The molecule has 2 aromatic carbocycles. The zero-order chi connectivity index (χ0) is 18.4. The summed E-state index contributed by atoms with van der Waals surface area (Å²) in [6, 6.07) is 17.3. The number of aromatic nitrogens is 2. The molecule has 0 spiro atoms. The molecule has 134 valence electrons. The normalized spacial score (nSPS) is 11.8. The topological polar surface area (TPSA) is 56.1 Å². The van der Waals surface area contributed by atoms with Crippen molar-refractivity contribution < 1.29 is 9.53 Å². The number of carbonyl (C=O) groups is 1. The van der Waals surface area contributed by atoms with Crippen LogP contribution in [0.1, 0.15) is 29.9 Å². The van der Waals surface area contributed by atoms with E-state index in [0.717, 1.165) is 29.1 Å². The lowest BCUT2D eigenvalue weighted by Crippen LogP contribution is -2.34. The number of nitrogens with one attached hydrogen (secondary N) is 1. The van der Waals surface area contributed by atoms with Gasteiger partial charge in [-0.15, -0.1) is 0 Å². The molecule has 1 aromatic heterocycles. The van der Waals surface area contributed by atoms with Gasteiger partial charge in [-0.25, -0.2) is 4.98 Å². The highest BCUT2D eigenvalue weighted by Gasteiger charge is 2.20. The van der Waals surface area contributed by atoms with E-state index in [9.17, 15) is 4.79 Å². The summed E-state index contributed by atoms with van der Waals surface area (Å²) < 4.78 is 7.64. The molecule has 0 fully saturated rings. The molecule has 5 heteroatoms. The smallest absolute Gasteiger partial charge is 0.258 e. The minimum Gasteiger partial charge on any atom is -0.483 e. The van der Waals surface area contributed by atoms with Crippen molar-refractivity contribution in [2.75, 3.05) is 6.61 Å². The number of para-hydroxylation sites is 1. The predicted octanol–water partition coefficient (Wildman–Crippen LogP) is 3.27. The minimum absolute atomic E-state index is 0.0369. The number of amides is 1. The van der Waals surface area contributed by atoms with Gasteiger partial charge in [0, 0.05) is 19.4 Å². The van der Waals surface area contributed by atoms with E-state index in [4.69, 9.17) is 4.74 Å². The second-order valence-corrected chi connectivity index (χ2v) is 6.06. The molecule has 3 aromatic rings. The van der Waals surface area contributed by atoms with Crippen LogP contribution in [0.5, 0.6) is 5.75 Å². The second-order valence-electron chi connectivity index (χ2n) is 6.06. The van der Waals surface area contributed by atoms with Gasteiger partial charge in [0.15, 0.2) is 6.61 Å². The zero-order valence-electron chi connectivity index (χ0n) is 15.1. The van der Waals surface area contributed by atoms with Crippen molar-refractivity contribution in [3.63, 3.8) is 0 Å². The first-order valence-corrected chi connectivity index (χ1v) is 8.71. The molecule has 1 atom stereocenters. The molecule has 5 nitrogen and oxygen atoms in total. The van der Waals surface area contributed by atoms with E-state index in [0.29, 0.717) is 0 Å². The number of rotatable bonds is 7. The molecule has 26 heavy (non-hydrogen) atoms. The Hall–Kier alpha value is -3.08. The second kappa shape index (κ2) is 8.34. The third kappa shape index (κ3) is 4.11. The predicted molar refractivity (Wildman–Crippen MR) is 101 cm³/mol. The third-order valence-electron chi connectivity index (χ3n) is 4.27. The highest BCUT2D eigenvalue weighted by atomic mass is 16.5. The first-order chi connectivity index (χ1) is 12.7. The molecule has 0 aliphatic carbocycles. The van der Waals surface area contributed by atoms with Gasteiger partial charge in [-0.3, -0.25) is 4.79 Å². The lowest BCUT2D eigenvalue weighted by molar-refractivity contribution is -0.123. The SMILES string of the molecule is CCc1ccccc1OCC(=O)NC(c1ccccc1)c1nccn1C. The Kier molecular flexibility index (Phi) is 5.69. The van der Waals surface area contributed by atoms with Crippen molar-refractivity contribution in [2.24, 2.45) is 7.05 Å². The number of aryl methyl sites for hydroxylation is 2. The highest BCUT2D eigenvalue weighted by Crippen LogP contribution is 2.21. The summed E-state index contributed by atoms with van der Waals surface area (Å²) in [6.07, 6.45) is 4.45. The van der Waals surface area contributed by atoms with E-state index in [1.807, 2.05) is 72.4 Å². The van der Waals surface area contributed by atoms with Crippen molar-refractivity contribution in [2.45, 2.75) is 19.4 Å². The van der Waals surface area contributed by atoms with Gasteiger partial charge in [0.1, 0.15) is 17.6 Å². The molecule has 0 saturated heterocycles. The van der Waals surface area contributed by atoms with Gasteiger partial charge in [-0.05, 0) is 23.6 Å². The van der Waals surface area contributed by atoms with E-state index in [1.165, 1.54) is 0 Å². The molecule has 0 radical (unpaired) electrons. The number of hydrogen-bond donors (Lipinski definition) is 1. The van der Waals surface area contributed by atoms with Crippen molar-refractivity contribution in [1.82, 2.24) is 14.9 Å². The van der Waals surface area contributed by atoms with Crippen molar-refractivity contribution in [3.8, 4) is 5.75 Å². The monoisotopic (exact) mass is 349 g/mol. The maximum Gasteiger partial charge on any atom is 0.258 e. The average Bonchev–Trinajstić information content (AvgIpc) is 3.11. The molecule has 0 aliphatic heterocycles. The lowest BCUT2D eigenvalue weighted by atomic mass is 10.1. The van der Waals surface area contributed by atoms with E-state index in [2.05, 4.69) is 17.2 Å². The summed E-state index contributed by atoms with van der Waals surface area (Å²) in [4.78, 5) is 16.9. The lowest BCUT2D eigenvalue weighted by Gasteiger charge is -2.19. The summed E-state index contributed by atoms with van der Waals surface area (Å²) >= 11 is 0. The number of imidazole rings is 1. The van der Waals surface area contributed by atoms with Gasteiger partial charge in [0.2, 0.25) is 0 Å². The van der Waals surface area contributed by atoms with Gasteiger partial charge in [-0.1, -0.05) is 55.5 Å². The number of nitrogens with zero attached hydrogens (tertiary/aromatic N) is 2. The number of ether oxygens (including phenoxy) is 1. The van der Waals surface area contributed by atoms with Crippen molar-refractivity contribution in [1.29, 1.82) is 0 Å². The Morgan fingerprint density at radius 2 is 1.88 bits per heavy atom. The number of hydrogen-bond acceptors (Lipinski definition) is 3. The maximum absolute atomic E-state index is 12.5. The summed E-state index contributed by atoms with van der Waals surface area (Å²) in [5.41, 5.74) is 2.06. The van der Waals surface area contributed by atoms with E-state index in [-0.39, 0.29) is 18.6 Å². The van der Waals surface area contributed by atoms with Crippen LogP contribution < -0.4 is 10.1 Å². The first-order valence-electron chi connectivity index (χ1n) is 8.71. The van der Waals surface area contributed by atoms with E-state index >= 15 is 0 Å². The largest absolute Gasteiger partial charge is 0.483 e. The fourth-order valence-corrected chi connectivity index (χ4v) is 2.88. The Balaban J connectivity index is 1.73. The summed E-state index contributed by atoms with van der Waals surface area (Å²) in [5, 5.41) is 3.04. The molecular weight excluding hydrogens is 326 g/mol. The van der Waals surface area contributed by atoms with Crippen LogP contribution in [0.15, 0.2) is 67.0 Å². The quantitative estimate of drug-likeness (QED) is 0.712. The molecule has 0 saturated carbocycles. The van der Waals surface area contributed by atoms with Crippen LogP contribution in [-0.4, -0.2) is 22.1 Å². The molecule has 1 unspecified atom stereocenters. The van der Waals surface area contributed by atoms with Gasteiger partial charge in [-0.2, -0.15) is 0 Å². The van der Waals surface area contributed by atoms with Crippen LogP contribution in [0.2, 0.25) is 0 Å². The van der Waals surface area contributed by atoms with Crippen LogP contribution >= 0.6 is 0 Å². The molecule has 1 amide bonds. The molecule has 0 aliphatic rings. The Bertz CT molecular complexity index is 858. The standard InChI is InChI=1S/C21H23N3O2/c1-3-16-9-7-8-12-18(16)26-15-19(25)23-20(17-10-5-4-6-11-17)21-22-13-14-24(21)2/h4-14,20H,3,15H2,1-2H3,(H,23,25). The molecule has 3 rings (SSSR count). The van der Waals surface area contributed by atoms with Crippen LogP contribution in [-0.2, 0) is 18.3 Å². The number of carbonyl (C=O) groups excluding carboxylic acids is 1. The van der Waals surface area contributed by atoms with Crippen LogP contribution in [0, 0.1) is 0 Å². The fourth-order valence-electron chi connectivity index (χ4n) is 2.88. The Morgan fingerprint density at radius 1 is 1.15 bits per heavy atom. The van der Waals surface area contributed by atoms with Crippen molar-refractivity contribution in [3.05, 3.63) is 83.9 Å². The van der Waals surface area contributed by atoms with E-state index < -0.39 is 0 Å². The maximum atomic E-state index is 12.5. The van der Waals surface area contributed by atoms with Gasteiger partial charge in [0.05, 0.1) is 0 Å². The molecular formula is C21H23N3O2.